The summed E-state index contributed by atoms with van der Waals surface area (Å²) in [4.78, 5) is 4.49. The number of nitrogens with zero attached hydrogens (tertiary/aromatic N) is 1. The zero-order valence-corrected chi connectivity index (χ0v) is 10.6. The maximum atomic E-state index is 5.53. The molecule has 2 rings (SSSR count). The quantitative estimate of drug-likeness (QED) is 0.877. The molecule has 0 aliphatic heterocycles. The molecule has 0 aliphatic rings. The van der Waals surface area contributed by atoms with E-state index in [2.05, 4.69) is 37.1 Å². The number of aryl methyl sites for hydroxylation is 1. The summed E-state index contributed by atoms with van der Waals surface area (Å²) in [6.45, 7) is 7.96. The van der Waals surface area contributed by atoms with Gasteiger partial charge >= 0.3 is 0 Å². The lowest BCUT2D eigenvalue weighted by atomic mass is 10.0. The van der Waals surface area contributed by atoms with E-state index in [-0.39, 0.29) is 0 Å². The van der Waals surface area contributed by atoms with Gasteiger partial charge in [0.2, 0.25) is 5.89 Å². The molecule has 0 unspecified atom stereocenters. The Kier molecular flexibility index (Phi) is 3.59. The Morgan fingerprint density at radius 3 is 2.88 bits per heavy atom. The number of aromatic nitrogens is 1. The van der Waals surface area contributed by atoms with Gasteiger partial charge in [-0.2, -0.15) is 0 Å². The molecule has 0 bridgehead atoms. The van der Waals surface area contributed by atoms with Gasteiger partial charge in [-0.1, -0.05) is 19.1 Å². The summed E-state index contributed by atoms with van der Waals surface area (Å²) in [7, 11) is 0. The second kappa shape index (κ2) is 5.15. The van der Waals surface area contributed by atoms with Gasteiger partial charge in [-0.15, -0.1) is 0 Å². The topological polar surface area (TPSA) is 38.1 Å². The number of hydrogen-bond acceptors (Lipinski definition) is 3. The van der Waals surface area contributed by atoms with Crippen LogP contribution in [0.4, 0.5) is 0 Å². The van der Waals surface area contributed by atoms with Crippen molar-refractivity contribution in [1.29, 1.82) is 0 Å². The Bertz CT molecular complexity index is 503. The van der Waals surface area contributed by atoms with E-state index in [4.69, 9.17) is 4.42 Å². The third-order valence-corrected chi connectivity index (χ3v) is 2.94. The number of benzene rings is 1. The number of nitrogens with one attached hydrogen (secondary N) is 1. The molecule has 2 aromatic rings. The number of hydrogen-bond donors (Lipinski definition) is 1. The molecule has 0 aliphatic carbocycles. The van der Waals surface area contributed by atoms with Crippen LogP contribution in [-0.4, -0.2) is 11.5 Å². The van der Waals surface area contributed by atoms with Gasteiger partial charge in [0.15, 0.2) is 0 Å². The standard InChI is InChI=1S/C14H18N2O/c1-4-15-8-12-9-17-14(16-12)13-7-5-6-10(2)11(13)3/h5-7,9,15H,4,8H2,1-3H3. The lowest BCUT2D eigenvalue weighted by molar-refractivity contribution is 0.570. The number of rotatable bonds is 4. The first-order chi connectivity index (χ1) is 8.22. The van der Waals surface area contributed by atoms with Gasteiger partial charge in [0.1, 0.15) is 6.26 Å². The van der Waals surface area contributed by atoms with Crippen molar-refractivity contribution in [2.24, 2.45) is 0 Å². The third-order valence-electron chi connectivity index (χ3n) is 2.94. The molecule has 3 nitrogen and oxygen atoms in total. The first-order valence-corrected chi connectivity index (χ1v) is 5.94. The Morgan fingerprint density at radius 2 is 2.12 bits per heavy atom. The molecule has 90 valence electrons. The molecule has 0 fully saturated rings. The molecule has 1 N–H and O–H groups in total. The van der Waals surface area contributed by atoms with E-state index in [0.29, 0.717) is 5.89 Å². The van der Waals surface area contributed by atoms with E-state index in [1.165, 1.54) is 11.1 Å². The highest BCUT2D eigenvalue weighted by atomic mass is 16.3. The lowest BCUT2D eigenvalue weighted by Crippen LogP contribution is -2.11. The SMILES string of the molecule is CCNCc1coc(-c2cccc(C)c2C)n1. The molecule has 0 atom stereocenters. The molecule has 17 heavy (non-hydrogen) atoms. The summed E-state index contributed by atoms with van der Waals surface area (Å²) in [6, 6.07) is 6.18. The first-order valence-electron chi connectivity index (χ1n) is 5.94. The zero-order chi connectivity index (χ0) is 12.3. The Morgan fingerprint density at radius 1 is 1.29 bits per heavy atom. The van der Waals surface area contributed by atoms with Crippen LogP contribution in [0.5, 0.6) is 0 Å². The van der Waals surface area contributed by atoms with Crippen LogP contribution in [0.2, 0.25) is 0 Å². The van der Waals surface area contributed by atoms with Crippen molar-refractivity contribution in [3.05, 3.63) is 41.3 Å². The first kappa shape index (κ1) is 11.9. The predicted octanol–water partition coefficient (Wildman–Crippen LogP) is 3.07. The van der Waals surface area contributed by atoms with Crippen molar-refractivity contribution < 1.29 is 4.42 Å². The van der Waals surface area contributed by atoms with Crippen molar-refractivity contribution in [2.75, 3.05) is 6.54 Å². The predicted molar refractivity (Wildman–Crippen MR) is 68.8 cm³/mol. The summed E-state index contributed by atoms with van der Waals surface area (Å²) in [5.41, 5.74) is 4.51. The molecule has 3 heteroatoms. The van der Waals surface area contributed by atoms with Crippen molar-refractivity contribution in [1.82, 2.24) is 10.3 Å². The molecule has 0 spiro atoms. The third kappa shape index (κ3) is 2.56. The fourth-order valence-electron chi connectivity index (χ4n) is 1.75. The Labute approximate surface area is 102 Å². The average Bonchev–Trinajstić information content (AvgIpc) is 2.78. The highest BCUT2D eigenvalue weighted by Crippen LogP contribution is 2.24. The van der Waals surface area contributed by atoms with Crippen molar-refractivity contribution in [2.45, 2.75) is 27.3 Å². The van der Waals surface area contributed by atoms with Gasteiger partial charge in [0.25, 0.3) is 0 Å². The fourth-order valence-corrected chi connectivity index (χ4v) is 1.75. The van der Waals surface area contributed by atoms with Crippen molar-refractivity contribution >= 4 is 0 Å². The molecule has 1 heterocycles. The zero-order valence-electron chi connectivity index (χ0n) is 10.6. The Balaban J connectivity index is 2.27. The van der Waals surface area contributed by atoms with E-state index in [1.54, 1.807) is 6.26 Å². The van der Waals surface area contributed by atoms with Crippen LogP contribution in [0.3, 0.4) is 0 Å². The minimum Gasteiger partial charge on any atom is -0.444 e. The van der Waals surface area contributed by atoms with E-state index < -0.39 is 0 Å². The molecular weight excluding hydrogens is 212 g/mol. The summed E-state index contributed by atoms with van der Waals surface area (Å²) >= 11 is 0. The molecule has 0 amide bonds. The van der Waals surface area contributed by atoms with Crippen molar-refractivity contribution in [3.8, 4) is 11.5 Å². The van der Waals surface area contributed by atoms with E-state index in [0.717, 1.165) is 24.3 Å². The molecule has 1 aromatic carbocycles. The van der Waals surface area contributed by atoms with Crippen LogP contribution in [0.15, 0.2) is 28.9 Å². The fraction of sp³-hybridized carbons (Fsp3) is 0.357. The van der Waals surface area contributed by atoms with E-state index >= 15 is 0 Å². The van der Waals surface area contributed by atoms with Crippen LogP contribution in [0, 0.1) is 13.8 Å². The van der Waals surface area contributed by atoms with Crippen LogP contribution in [0.25, 0.3) is 11.5 Å². The van der Waals surface area contributed by atoms with Crippen LogP contribution in [-0.2, 0) is 6.54 Å². The van der Waals surface area contributed by atoms with Gasteiger partial charge < -0.3 is 9.73 Å². The summed E-state index contributed by atoms with van der Waals surface area (Å²) in [5.74, 6) is 0.708. The summed E-state index contributed by atoms with van der Waals surface area (Å²) < 4.78 is 5.53. The summed E-state index contributed by atoms with van der Waals surface area (Å²) in [5, 5.41) is 3.23. The van der Waals surface area contributed by atoms with Crippen LogP contribution < -0.4 is 5.32 Å². The second-order valence-corrected chi connectivity index (χ2v) is 4.17. The van der Waals surface area contributed by atoms with E-state index in [9.17, 15) is 0 Å². The molecule has 1 aromatic heterocycles. The minimum atomic E-state index is 0.708. The maximum Gasteiger partial charge on any atom is 0.226 e. The van der Waals surface area contributed by atoms with Gasteiger partial charge in [0, 0.05) is 12.1 Å². The largest absolute Gasteiger partial charge is 0.444 e. The Hall–Kier alpha value is -1.61. The maximum absolute atomic E-state index is 5.53. The van der Waals surface area contributed by atoms with Crippen LogP contribution in [0.1, 0.15) is 23.7 Å². The average molecular weight is 230 g/mol. The highest BCUT2D eigenvalue weighted by molar-refractivity contribution is 5.60. The van der Waals surface area contributed by atoms with E-state index in [1.807, 2.05) is 12.1 Å². The number of oxazole rings is 1. The van der Waals surface area contributed by atoms with Gasteiger partial charge in [-0.3, -0.25) is 0 Å². The summed E-state index contributed by atoms with van der Waals surface area (Å²) in [6.07, 6.45) is 1.72. The van der Waals surface area contributed by atoms with Crippen molar-refractivity contribution in [3.63, 3.8) is 0 Å². The molecule has 0 saturated carbocycles. The monoisotopic (exact) mass is 230 g/mol. The van der Waals surface area contributed by atoms with Gasteiger partial charge in [-0.25, -0.2) is 4.98 Å². The second-order valence-electron chi connectivity index (χ2n) is 4.17. The highest BCUT2D eigenvalue weighted by Gasteiger charge is 2.09. The minimum absolute atomic E-state index is 0.708. The van der Waals surface area contributed by atoms with Crippen LogP contribution >= 0.6 is 0 Å². The molecule has 0 radical (unpaired) electrons. The normalized spacial score (nSPS) is 10.8. The van der Waals surface area contributed by atoms with Gasteiger partial charge in [-0.05, 0) is 37.6 Å². The van der Waals surface area contributed by atoms with Gasteiger partial charge in [0.05, 0.1) is 5.69 Å². The lowest BCUT2D eigenvalue weighted by Gasteiger charge is -2.04. The molecular formula is C14H18N2O. The molecule has 0 saturated heterocycles. The smallest absolute Gasteiger partial charge is 0.226 e.